The van der Waals surface area contributed by atoms with E-state index in [2.05, 4.69) is 0 Å². The molecule has 108 valence electrons. The second-order valence-electron chi connectivity index (χ2n) is 5.13. The maximum absolute atomic E-state index is 12.4. The van der Waals surface area contributed by atoms with Crippen LogP contribution in [-0.2, 0) is 9.53 Å². The highest BCUT2D eigenvalue weighted by Gasteiger charge is 2.38. The minimum absolute atomic E-state index is 0.142. The summed E-state index contributed by atoms with van der Waals surface area (Å²) in [5.74, 6) is -0.953. The average Bonchev–Trinajstić information content (AvgIpc) is 2.86. The van der Waals surface area contributed by atoms with Crippen molar-refractivity contribution >= 4 is 12.0 Å². The van der Waals surface area contributed by atoms with Crippen LogP contribution < -0.4 is 0 Å². The van der Waals surface area contributed by atoms with Crippen LogP contribution in [0.4, 0.5) is 4.79 Å². The molecule has 2 fully saturated rings. The van der Waals surface area contributed by atoms with Gasteiger partial charge in [-0.3, -0.25) is 0 Å². The first-order valence-electron chi connectivity index (χ1n) is 6.57. The second kappa shape index (κ2) is 5.75. The zero-order valence-corrected chi connectivity index (χ0v) is 11.0. The summed E-state index contributed by atoms with van der Waals surface area (Å²) in [5.41, 5.74) is 0. The van der Waals surface area contributed by atoms with Crippen LogP contribution in [0.15, 0.2) is 0 Å². The van der Waals surface area contributed by atoms with Gasteiger partial charge in [0.05, 0.1) is 25.4 Å². The molecule has 3 atom stereocenters. The molecule has 0 saturated carbocycles. The lowest BCUT2D eigenvalue weighted by molar-refractivity contribution is -0.141. The van der Waals surface area contributed by atoms with Crippen LogP contribution >= 0.6 is 0 Å². The summed E-state index contributed by atoms with van der Waals surface area (Å²) in [5, 5.41) is 18.2. The van der Waals surface area contributed by atoms with Crippen LogP contribution in [0.5, 0.6) is 0 Å². The summed E-state index contributed by atoms with van der Waals surface area (Å²) in [7, 11) is 0. The number of morpholine rings is 1. The van der Waals surface area contributed by atoms with Crippen molar-refractivity contribution in [1.82, 2.24) is 9.80 Å². The predicted molar refractivity (Wildman–Crippen MR) is 65.8 cm³/mol. The van der Waals surface area contributed by atoms with E-state index in [1.165, 1.54) is 4.90 Å². The minimum Gasteiger partial charge on any atom is -0.480 e. The number of carbonyl (C=O) groups is 2. The van der Waals surface area contributed by atoms with E-state index in [4.69, 9.17) is 14.9 Å². The molecule has 0 aliphatic carbocycles. The zero-order valence-electron chi connectivity index (χ0n) is 11.0. The number of rotatable bonds is 2. The van der Waals surface area contributed by atoms with Gasteiger partial charge < -0.3 is 24.7 Å². The monoisotopic (exact) mass is 272 g/mol. The summed E-state index contributed by atoms with van der Waals surface area (Å²) < 4.78 is 5.47. The van der Waals surface area contributed by atoms with Gasteiger partial charge in [0.15, 0.2) is 0 Å². The molecule has 2 aliphatic rings. The highest BCUT2D eigenvalue weighted by atomic mass is 16.5. The van der Waals surface area contributed by atoms with Gasteiger partial charge in [0.2, 0.25) is 0 Å². The molecule has 0 aromatic heterocycles. The van der Waals surface area contributed by atoms with E-state index in [0.717, 1.165) is 0 Å². The van der Waals surface area contributed by atoms with E-state index < -0.39 is 18.1 Å². The fourth-order valence-electron chi connectivity index (χ4n) is 2.74. The Bertz CT molecular complexity index is 362. The van der Waals surface area contributed by atoms with Crippen LogP contribution in [-0.4, -0.2) is 76.5 Å². The van der Waals surface area contributed by atoms with E-state index in [1.807, 2.05) is 6.92 Å². The number of hydrogen-bond acceptors (Lipinski definition) is 4. The Labute approximate surface area is 111 Å². The number of carbonyl (C=O) groups excluding carboxylic acids is 1. The third kappa shape index (κ3) is 2.98. The van der Waals surface area contributed by atoms with Crippen molar-refractivity contribution in [2.45, 2.75) is 38.0 Å². The smallest absolute Gasteiger partial charge is 0.326 e. The fraction of sp³-hybridized carbons (Fsp3) is 0.833. The van der Waals surface area contributed by atoms with Gasteiger partial charge in [-0.05, 0) is 19.8 Å². The molecular formula is C12H20N2O5. The number of likely N-dealkylation sites (tertiary alicyclic amines) is 1. The van der Waals surface area contributed by atoms with Gasteiger partial charge in [0.25, 0.3) is 0 Å². The first kappa shape index (κ1) is 14.1. The number of nitrogens with zero attached hydrogens (tertiary/aromatic N) is 2. The zero-order chi connectivity index (χ0) is 14.0. The second-order valence-corrected chi connectivity index (χ2v) is 5.13. The number of amides is 2. The maximum Gasteiger partial charge on any atom is 0.326 e. The molecule has 0 spiro atoms. The summed E-state index contributed by atoms with van der Waals surface area (Å²) >= 11 is 0. The van der Waals surface area contributed by atoms with Gasteiger partial charge in [-0.15, -0.1) is 0 Å². The Balaban J connectivity index is 2.04. The molecule has 0 radical (unpaired) electrons. The molecule has 19 heavy (non-hydrogen) atoms. The third-order valence-electron chi connectivity index (χ3n) is 3.58. The van der Waals surface area contributed by atoms with Crippen molar-refractivity contribution in [3.63, 3.8) is 0 Å². The molecule has 2 rings (SSSR count). The largest absolute Gasteiger partial charge is 0.480 e. The summed E-state index contributed by atoms with van der Waals surface area (Å²) in [6.45, 7) is 2.91. The van der Waals surface area contributed by atoms with Crippen LogP contribution in [0.25, 0.3) is 0 Å². The van der Waals surface area contributed by atoms with E-state index >= 15 is 0 Å². The van der Waals surface area contributed by atoms with Crippen molar-refractivity contribution in [2.24, 2.45) is 0 Å². The number of aliphatic hydroxyl groups is 1. The minimum atomic E-state index is -0.953. The van der Waals surface area contributed by atoms with Gasteiger partial charge in [-0.2, -0.15) is 0 Å². The average molecular weight is 272 g/mol. The Hall–Kier alpha value is -1.34. The number of aliphatic hydroxyl groups excluding tert-OH is 1. The molecule has 7 nitrogen and oxygen atoms in total. The molecule has 0 bridgehead atoms. The lowest BCUT2D eigenvalue weighted by Gasteiger charge is -2.38. The SMILES string of the molecule is CC1CN(C(=O)N2CCCC2C(=O)O)CC(CO)O1. The topological polar surface area (TPSA) is 90.3 Å². The standard InChI is InChI=1S/C12H20N2O5/c1-8-5-13(6-9(7-15)19-8)12(18)14-4-2-3-10(14)11(16)17/h8-10,15H,2-7H2,1H3,(H,16,17). The third-order valence-corrected chi connectivity index (χ3v) is 3.58. The lowest BCUT2D eigenvalue weighted by atomic mass is 10.2. The number of aliphatic carboxylic acids is 1. The Kier molecular flexibility index (Phi) is 4.26. The van der Waals surface area contributed by atoms with Gasteiger partial charge in [0.1, 0.15) is 6.04 Å². The van der Waals surface area contributed by atoms with Crippen LogP contribution in [0.2, 0.25) is 0 Å². The van der Waals surface area contributed by atoms with E-state index in [9.17, 15) is 9.59 Å². The highest BCUT2D eigenvalue weighted by Crippen LogP contribution is 2.21. The van der Waals surface area contributed by atoms with E-state index in [0.29, 0.717) is 32.5 Å². The summed E-state index contributed by atoms with van der Waals surface area (Å²) in [6.07, 6.45) is 0.676. The van der Waals surface area contributed by atoms with Crippen LogP contribution in [0.1, 0.15) is 19.8 Å². The first-order chi connectivity index (χ1) is 9.02. The molecule has 2 aliphatic heterocycles. The molecule has 3 unspecified atom stereocenters. The maximum atomic E-state index is 12.4. The van der Waals surface area contributed by atoms with Crippen LogP contribution in [0, 0.1) is 0 Å². The molecule has 2 N–H and O–H groups in total. The van der Waals surface area contributed by atoms with E-state index in [-0.39, 0.29) is 18.7 Å². The van der Waals surface area contributed by atoms with Gasteiger partial charge in [0, 0.05) is 13.1 Å². The van der Waals surface area contributed by atoms with Crippen LogP contribution in [0.3, 0.4) is 0 Å². The molecule has 7 heteroatoms. The first-order valence-corrected chi connectivity index (χ1v) is 6.57. The van der Waals surface area contributed by atoms with E-state index in [1.54, 1.807) is 4.90 Å². The summed E-state index contributed by atoms with van der Waals surface area (Å²) in [4.78, 5) is 26.5. The summed E-state index contributed by atoms with van der Waals surface area (Å²) in [6, 6.07) is -0.989. The molecule has 2 amide bonds. The van der Waals surface area contributed by atoms with Gasteiger partial charge in [-0.1, -0.05) is 0 Å². The Morgan fingerprint density at radius 3 is 2.74 bits per heavy atom. The molecular weight excluding hydrogens is 252 g/mol. The molecule has 2 saturated heterocycles. The number of hydrogen-bond donors (Lipinski definition) is 2. The number of ether oxygens (including phenoxy) is 1. The Morgan fingerprint density at radius 2 is 2.11 bits per heavy atom. The normalized spacial score (nSPS) is 31.6. The Morgan fingerprint density at radius 1 is 1.37 bits per heavy atom. The molecule has 2 heterocycles. The predicted octanol–water partition coefficient (Wildman–Crippen LogP) is -0.263. The number of carboxylic acids is 1. The highest BCUT2D eigenvalue weighted by molar-refractivity contribution is 5.83. The van der Waals surface area contributed by atoms with Crippen molar-refractivity contribution < 1.29 is 24.5 Å². The number of carboxylic acid groups (broad SMARTS) is 1. The molecule has 0 aromatic rings. The van der Waals surface area contributed by atoms with Crippen molar-refractivity contribution in [2.75, 3.05) is 26.2 Å². The van der Waals surface area contributed by atoms with Gasteiger partial charge >= 0.3 is 12.0 Å². The molecule has 0 aromatic carbocycles. The number of urea groups is 1. The van der Waals surface area contributed by atoms with Crippen molar-refractivity contribution in [3.05, 3.63) is 0 Å². The quantitative estimate of drug-likeness (QED) is 0.722. The van der Waals surface area contributed by atoms with Crippen molar-refractivity contribution in [1.29, 1.82) is 0 Å². The lowest BCUT2D eigenvalue weighted by Crippen LogP contribution is -2.55. The van der Waals surface area contributed by atoms with Crippen molar-refractivity contribution in [3.8, 4) is 0 Å². The fourth-order valence-corrected chi connectivity index (χ4v) is 2.74. The van der Waals surface area contributed by atoms with Gasteiger partial charge in [-0.25, -0.2) is 9.59 Å².